The van der Waals surface area contributed by atoms with Gasteiger partial charge in [0.1, 0.15) is 6.04 Å². The molecule has 0 aliphatic heterocycles. The summed E-state index contributed by atoms with van der Waals surface area (Å²) in [6.45, 7) is 2.98. The van der Waals surface area contributed by atoms with Gasteiger partial charge in [-0.05, 0) is 26.1 Å². The third-order valence-electron chi connectivity index (χ3n) is 2.82. The number of hydrogen-bond acceptors (Lipinski definition) is 3. The van der Waals surface area contributed by atoms with Crippen LogP contribution in [0.25, 0.3) is 0 Å². The molecule has 3 N–H and O–H groups in total. The minimum Gasteiger partial charge on any atom is -0.343 e. The van der Waals surface area contributed by atoms with Crippen LogP contribution in [-0.4, -0.2) is 50.1 Å². The van der Waals surface area contributed by atoms with Gasteiger partial charge in [-0.15, -0.1) is 0 Å². The van der Waals surface area contributed by atoms with Gasteiger partial charge in [0.05, 0.1) is 0 Å². The van der Waals surface area contributed by atoms with E-state index in [0.717, 1.165) is 0 Å². The number of benzene rings is 1. The Labute approximate surface area is 119 Å². The highest BCUT2D eigenvalue weighted by atomic mass is 16.2. The van der Waals surface area contributed by atoms with Crippen molar-refractivity contribution in [1.82, 2.24) is 15.5 Å². The lowest BCUT2D eigenvalue weighted by Gasteiger charge is -2.22. The van der Waals surface area contributed by atoms with Crippen molar-refractivity contribution < 1.29 is 9.59 Å². The van der Waals surface area contributed by atoms with Gasteiger partial charge in [-0.1, -0.05) is 18.2 Å². The van der Waals surface area contributed by atoms with Crippen molar-refractivity contribution in [3.8, 4) is 0 Å². The zero-order chi connectivity index (χ0) is 15.0. The molecule has 0 bridgehead atoms. The predicted octanol–water partition coefficient (Wildman–Crippen LogP) is 0.874. The first-order chi connectivity index (χ1) is 9.54. The van der Waals surface area contributed by atoms with Gasteiger partial charge in [-0.25, -0.2) is 4.79 Å². The third kappa shape index (κ3) is 5.27. The van der Waals surface area contributed by atoms with Gasteiger partial charge in [0.15, 0.2) is 0 Å². The van der Waals surface area contributed by atoms with Crippen molar-refractivity contribution in [1.29, 1.82) is 0 Å². The Kier molecular flexibility index (Phi) is 6.52. The average Bonchev–Trinajstić information content (AvgIpc) is 2.44. The van der Waals surface area contributed by atoms with Crippen LogP contribution in [-0.2, 0) is 4.79 Å². The Morgan fingerprint density at radius 1 is 1.25 bits per heavy atom. The van der Waals surface area contributed by atoms with Crippen LogP contribution in [0.15, 0.2) is 30.3 Å². The van der Waals surface area contributed by atoms with E-state index in [1.165, 1.54) is 0 Å². The Bertz CT molecular complexity index is 436. The zero-order valence-electron chi connectivity index (χ0n) is 12.1. The molecule has 1 rings (SSSR count). The highest BCUT2D eigenvalue weighted by Gasteiger charge is 2.18. The summed E-state index contributed by atoms with van der Waals surface area (Å²) in [4.78, 5) is 25.3. The fourth-order valence-corrected chi connectivity index (χ4v) is 1.67. The number of urea groups is 1. The minimum absolute atomic E-state index is 0.122. The highest BCUT2D eigenvalue weighted by Crippen LogP contribution is 2.04. The third-order valence-corrected chi connectivity index (χ3v) is 2.82. The molecule has 1 aromatic rings. The first-order valence-corrected chi connectivity index (χ1v) is 6.56. The first kappa shape index (κ1) is 16.0. The van der Waals surface area contributed by atoms with E-state index in [1.54, 1.807) is 31.0 Å². The molecule has 0 fully saturated rings. The second-order valence-electron chi connectivity index (χ2n) is 4.55. The number of para-hydroxylation sites is 1. The molecule has 110 valence electrons. The lowest BCUT2D eigenvalue weighted by atomic mass is 10.3. The lowest BCUT2D eigenvalue weighted by molar-refractivity contribution is -0.131. The second kappa shape index (κ2) is 8.16. The summed E-state index contributed by atoms with van der Waals surface area (Å²) in [7, 11) is 3.54. The molecular formula is C14H22N4O2. The highest BCUT2D eigenvalue weighted by molar-refractivity contribution is 5.93. The molecular weight excluding hydrogens is 256 g/mol. The van der Waals surface area contributed by atoms with Crippen molar-refractivity contribution in [2.24, 2.45) is 0 Å². The van der Waals surface area contributed by atoms with Crippen LogP contribution in [0.5, 0.6) is 0 Å². The van der Waals surface area contributed by atoms with Crippen LogP contribution in [0.4, 0.5) is 10.5 Å². The molecule has 1 unspecified atom stereocenters. The van der Waals surface area contributed by atoms with Crippen LogP contribution in [0.1, 0.15) is 6.92 Å². The number of nitrogens with one attached hydrogen (secondary N) is 3. The van der Waals surface area contributed by atoms with E-state index in [1.807, 2.05) is 25.2 Å². The number of carbonyl (C=O) groups is 2. The molecule has 0 aliphatic rings. The topological polar surface area (TPSA) is 73.5 Å². The van der Waals surface area contributed by atoms with E-state index >= 15 is 0 Å². The molecule has 0 aliphatic carbocycles. The molecule has 6 nitrogen and oxygen atoms in total. The molecule has 0 radical (unpaired) electrons. The van der Waals surface area contributed by atoms with Gasteiger partial charge in [0, 0.05) is 25.8 Å². The molecule has 0 heterocycles. The molecule has 3 amide bonds. The van der Waals surface area contributed by atoms with E-state index < -0.39 is 6.04 Å². The standard InChI is InChI=1S/C14H22N4O2/c1-11(13(19)18(3)10-9-15-2)16-14(20)17-12-7-5-4-6-8-12/h4-8,11,15H,9-10H2,1-3H3,(H2,16,17,20). The van der Waals surface area contributed by atoms with E-state index in [9.17, 15) is 9.59 Å². The van der Waals surface area contributed by atoms with Crippen molar-refractivity contribution >= 4 is 17.6 Å². The smallest absolute Gasteiger partial charge is 0.319 e. The predicted molar refractivity (Wildman–Crippen MR) is 79.6 cm³/mol. The number of amides is 3. The Hall–Kier alpha value is -2.08. The monoisotopic (exact) mass is 278 g/mol. The van der Waals surface area contributed by atoms with E-state index in [4.69, 9.17) is 0 Å². The number of hydrogen-bond donors (Lipinski definition) is 3. The molecule has 0 saturated heterocycles. The maximum Gasteiger partial charge on any atom is 0.319 e. The van der Waals surface area contributed by atoms with Crippen molar-refractivity contribution in [2.75, 3.05) is 32.5 Å². The minimum atomic E-state index is -0.569. The van der Waals surface area contributed by atoms with Crippen LogP contribution in [0.2, 0.25) is 0 Å². The first-order valence-electron chi connectivity index (χ1n) is 6.56. The SMILES string of the molecule is CNCCN(C)C(=O)C(C)NC(=O)Nc1ccccc1. The van der Waals surface area contributed by atoms with Gasteiger partial charge < -0.3 is 20.9 Å². The molecule has 1 aromatic carbocycles. The van der Waals surface area contributed by atoms with E-state index in [0.29, 0.717) is 18.8 Å². The van der Waals surface area contributed by atoms with Crippen molar-refractivity contribution in [3.05, 3.63) is 30.3 Å². The van der Waals surface area contributed by atoms with Gasteiger partial charge in [0.25, 0.3) is 0 Å². The number of likely N-dealkylation sites (N-methyl/N-ethyl adjacent to an activating group) is 2. The maximum absolute atomic E-state index is 12.0. The van der Waals surface area contributed by atoms with Crippen LogP contribution < -0.4 is 16.0 Å². The summed E-state index contributed by atoms with van der Waals surface area (Å²) in [5, 5.41) is 8.27. The average molecular weight is 278 g/mol. The summed E-state index contributed by atoms with van der Waals surface area (Å²) in [6.07, 6.45) is 0. The second-order valence-corrected chi connectivity index (χ2v) is 4.55. The Balaban J connectivity index is 2.42. The molecule has 20 heavy (non-hydrogen) atoms. The van der Waals surface area contributed by atoms with Crippen molar-refractivity contribution in [3.63, 3.8) is 0 Å². The molecule has 0 saturated carbocycles. The maximum atomic E-state index is 12.0. The Morgan fingerprint density at radius 3 is 2.50 bits per heavy atom. The normalized spacial score (nSPS) is 11.6. The van der Waals surface area contributed by atoms with Crippen LogP contribution in [0, 0.1) is 0 Å². The van der Waals surface area contributed by atoms with Crippen LogP contribution in [0.3, 0.4) is 0 Å². The summed E-state index contributed by atoms with van der Waals surface area (Å²) >= 11 is 0. The summed E-state index contributed by atoms with van der Waals surface area (Å²) in [5.74, 6) is -0.122. The molecule has 0 spiro atoms. The summed E-state index contributed by atoms with van der Waals surface area (Å²) in [5.41, 5.74) is 0.688. The van der Waals surface area contributed by atoms with Gasteiger partial charge in [0.2, 0.25) is 5.91 Å². The quantitative estimate of drug-likeness (QED) is 0.723. The summed E-state index contributed by atoms with van der Waals surface area (Å²) in [6, 6.07) is 8.13. The molecule has 1 atom stereocenters. The van der Waals surface area contributed by atoms with Gasteiger partial charge >= 0.3 is 6.03 Å². The van der Waals surface area contributed by atoms with E-state index in [2.05, 4.69) is 16.0 Å². The van der Waals surface area contributed by atoms with E-state index in [-0.39, 0.29) is 11.9 Å². The van der Waals surface area contributed by atoms with Crippen LogP contribution >= 0.6 is 0 Å². The van der Waals surface area contributed by atoms with Gasteiger partial charge in [-0.3, -0.25) is 4.79 Å². The number of carbonyl (C=O) groups excluding carboxylic acids is 2. The lowest BCUT2D eigenvalue weighted by Crippen LogP contribution is -2.48. The van der Waals surface area contributed by atoms with Gasteiger partial charge in [-0.2, -0.15) is 0 Å². The number of nitrogens with zero attached hydrogens (tertiary/aromatic N) is 1. The number of anilines is 1. The Morgan fingerprint density at radius 2 is 1.90 bits per heavy atom. The van der Waals surface area contributed by atoms with Crippen molar-refractivity contribution in [2.45, 2.75) is 13.0 Å². The molecule has 0 aromatic heterocycles. The fourth-order valence-electron chi connectivity index (χ4n) is 1.67. The number of rotatable bonds is 6. The molecule has 6 heteroatoms. The summed E-state index contributed by atoms with van der Waals surface area (Å²) < 4.78 is 0. The fraction of sp³-hybridized carbons (Fsp3) is 0.429. The zero-order valence-corrected chi connectivity index (χ0v) is 12.1. The largest absolute Gasteiger partial charge is 0.343 e.